The molecular formula is C23H18O3S. The third-order valence-corrected chi connectivity index (χ3v) is 5.40. The topological polar surface area (TPSA) is 35.5 Å². The quantitative estimate of drug-likeness (QED) is 0.544. The second-order valence-electron chi connectivity index (χ2n) is 6.12. The molecule has 0 saturated heterocycles. The highest BCUT2D eigenvalue weighted by atomic mass is 32.2. The van der Waals surface area contributed by atoms with Crippen LogP contribution in [0.2, 0.25) is 0 Å². The number of hydrogen-bond acceptors (Lipinski definition) is 4. The lowest BCUT2D eigenvalue weighted by Gasteiger charge is -2.11. The van der Waals surface area contributed by atoms with Gasteiger partial charge in [0.1, 0.15) is 6.61 Å². The summed E-state index contributed by atoms with van der Waals surface area (Å²) in [5, 5.41) is 0. The van der Waals surface area contributed by atoms with E-state index in [2.05, 4.69) is 0 Å². The predicted molar refractivity (Wildman–Crippen MR) is 108 cm³/mol. The number of ketones is 1. The Labute approximate surface area is 162 Å². The van der Waals surface area contributed by atoms with Crippen molar-refractivity contribution in [2.75, 3.05) is 7.11 Å². The van der Waals surface area contributed by atoms with Crippen molar-refractivity contribution >= 4 is 23.6 Å². The fourth-order valence-electron chi connectivity index (χ4n) is 2.92. The number of ether oxygens (including phenoxy) is 2. The molecule has 0 aromatic heterocycles. The maximum Gasteiger partial charge on any atom is 0.200 e. The Morgan fingerprint density at radius 1 is 0.926 bits per heavy atom. The van der Waals surface area contributed by atoms with Crippen LogP contribution in [0.4, 0.5) is 0 Å². The Morgan fingerprint density at radius 3 is 2.48 bits per heavy atom. The summed E-state index contributed by atoms with van der Waals surface area (Å²) in [5.41, 5.74) is 2.77. The van der Waals surface area contributed by atoms with Gasteiger partial charge in [0.15, 0.2) is 11.5 Å². The molecule has 27 heavy (non-hydrogen) atoms. The van der Waals surface area contributed by atoms with Crippen molar-refractivity contribution < 1.29 is 14.3 Å². The normalized spacial score (nSPS) is 14.3. The molecule has 1 aliphatic heterocycles. The number of carbonyl (C=O) groups excluding carboxylic acids is 1. The summed E-state index contributed by atoms with van der Waals surface area (Å²) in [7, 11) is 1.62. The molecule has 4 rings (SSSR count). The summed E-state index contributed by atoms with van der Waals surface area (Å²) >= 11 is 1.50. The predicted octanol–water partition coefficient (Wildman–Crippen LogP) is 5.60. The third kappa shape index (κ3) is 3.76. The van der Waals surface area contributed by atoms with Gasteiger partial charge in [-0.15, -0.1) is 0 Å². The van der Waals surface area contributed by atoms with E-state index in [0.717, 1.165) is 26.5 Å². The van der Waals surface area contributed by atoms with Gasteiger partial charge in [-0.1, -0.05) is 60.3 Å². The third-order valence-electron chi connectivity index (χ3n) is 4.30. The molecule has 3 nitrogen and oxygen atoms in total. The number of thioether (sulfide) groups is 1. The molecule has 0 bridgehead atoms. The fourth-order valence-corrected chi connectivity index (χ4v) is 3.97. The zero-order chi connectivity index (χ0) is 18.6. The number of allylic oxidation sites excluding steroid dienone is 1. The molecule has 134 valence electrons. The first-order valence-corrected chi connectivity index (χ1v) is 9.44. The molecule has 3 aromatic carbocycles. The van der Waals surface area contributed by atoms with Crippen molar-refractivity contribution in [1.29, 1.82) is 0 Å². The molecule has 0 amide bonds. The highest BCUT2D eigenvalue weighted by molar-refractivity contribution is 8.04. The first kappa shape index (κ1) is 17.4. The molecule has 1 aliphatic rings. The van der Waals surface area contributed by atoms with Crippen LogP contribution in [-0.2, 0) is 6.61 Å². The Bertz CT molecular complexity index is 1010. The molecule has 0 radical (unpaired) electrons. The van der Waals surface area contributed by atoms with Gasteiger partial charge in [-0.2, -0.15) is 0 Å². The lowest BCUT2D eigenvalue weighted by molar-refractivity contribution is 0.104. The van der Waals surface area contributed by atoms with Gasteiger partial charge in [-0.25, -0.2) is 0 Å². The second-order valence-corrected chi connectivity index (χ2v) is 7.20. The average Bonchev–Trinajstić information content (AvgIpc) is 3.03. The standard InChI is InChI=1S/C23H18O3S/c1-25-20-13-17(11-12-19(20)26-15-16-7-3-2-4-8-16)14-22-23(24)18-9-5-6-10-21(18)27-22/h2-14H,15H2,1H3/b22-14-. The molecule has 0 unspecified atom stereocenters. The van der Waals surface area contributed by atoms with E-state index in [9.17, 15) is 4.79 Å². The SMILES string of the molecule is COc1cc(/C=C2\Sc3ccccc3C2=O)ccc1OCc1ccccc1. The van der Waals surface area contributed by atoms with Crippen LogP contribution in [0.1, 0.15) is 21.5 Å². The molecule has 1 heterocycles. The minimum absolute atomic E-state index is 0.0685. The minimum Gasteiger partial charge on any atom is -0.493 e. The first-order valence-electron chi connectivity index (χ1n) is 8.62. The van der Waals surface area contributed by atoms with Gasteiger partial charge in [-0.05, 0) is 41.5 Å². The van der Waals surface area contributed by atoms with Crippen molar-refractivity contribution in [3.8, 4) is 11.5 Å². The van der Waals surface area contributed by atoms with Crippen LogP contribution in [0.25, 0.3) is 6.08 Å². The monoisotopic (exact) mass is 374 g/mol. The van der Waals surface area contributed by atoms with Gasteiger partial charge in [0.2, 0.25) is 5.78 Å². The Morgan fingerprint density at radius 2 is 1.70 bits per heavy atom. The molecule has 0 saturated carbocycles. The van der Waals surface area contributed by atoms with Crippen LogP contribution in [0.15, 0.2) is 82.6 Å². The molecule has 0 aliphatic carbocycles. The molecule has 3 aromatic rings. The number of methoxy groups -OCH3 is 1. The van der Waals surface area contributed by atoms with E-state index in [4.69, 9.17) is 9.47 Å². The second kappa shape index (κ2) is 7.72. The van der Waals surface area contributed by atoms with E-state index >= 15 is 0 Å². The lowest BCUT2D eigenvalue weighted by atomic mass is 10.1. The largest absolute Gasteiger partial charge is 0.493 e. The minimum atomic E-state index is 0.0685. The maximum atomic E-state index is 12.5. The van der Waals surface area contributed by atoms with Gasteiger partial charge >= 0.3 is 0 Å². The summed E-state index contributed by atoms with van der Waals surface area (Å²) in [6.07, 6.45) is 1.90. The van der Waals surface area contributed by atoms with Crippen LogP contribution >= 0.6 is 11.8 Å². The fraction of sp³-hybridized carbons (Fsp3) is 0.0870. The Hall–Kier alpha value is -2.98. The molecular weight excluding hydrogens is 356 g/mol. The van der Waals surface area contributed by atoms with Crippen molar-refractivity contribution in [1.82, 2.24) is 0 Å². The number of rotatable bonds is 5. The highest BCUT2D eigenvalue weighted by Gasteiger charge is 2.25. The molecule has 0 N–H and O–H groups in total. The highest BCUT2D eigenvalue weighted by Crippen LogP contribution is 2.41. The Balaban J connectivity index is 1.54. The molecule has 0 spiro atoms. The number of carbonyl (C=O) groups is 1. The molecule has 0 atom stereocenters. The van der Waals surface area contributed by atoms with E-state index in [1.54, 1.807) is 7.11 Å². The van der Waals surface area contributed by atoms with Crippen LogP contribution in [0.3, 0.4) is 0 Å². The van der Waals surface area contributed by atoms with Crippen molar-refractivity contribution in [3.63, 3.8) is 0 Å². The summed E-state index contributed by atoms with van der Waals surface area (Å²) in [4.78, 5) is 14.3. The number of hydrogen-bond donors (Lipinski definition) is 0. The van der Waals surface area contributed by atoms with Gasteiger partial charge in [0.05, 0.1) is 12.0 Å². The van der Waals surface area contributed by atoms with Crippen LogP contribution in [-0.4, -0.2) is 12.9 Å². The van der Waals surface area contributed by atoms with Crippen molar-refractivity contribution in [2.45, 2.75) is 11.5 Å². The van der Waals surface area contributed by atoms with Gasteiger partial charge in [0, 0.05) is 10.5 Å². The first-order chi connectivity index (χ1) is 13.2. The smallest absolute Gasteiger partial charge is 0.200 e. The van der Waals surface area contributed by atoms with E-state index in [1.165, 1.54) is 11.8 Å². The van der Waals surface area contributed by atoms with Crippen molar-refractivity contribution in [3.05, 3.63) is 94.4 Å². The molecule has 4 heteroatoms. The van der Waals surface area contributed by atoms with Gasteiger partial charge < -0.3 is 9.47 Å². The van der Waals surface area contributed by atoms with E-state index in [1.807, 2.05) is 78.9 Å². The summed E-state index contributed by atoms with van der Waals surface area (Å²) in [5.74, 6) is 1.39. The number of fused-ring (bicyclic) bond motifs is 1. The zero-order valence-electron chi connectivity index (χ0n) is 14.8. The summed E-state index contributed by atoms with van der Waals surface area (Å²) < 4.78 is 11.4. The van der Waals surface area contributed by atoms with E-state index in [-0.39, 0.29) is 5.78 Å². The average molecular weight is 374 g/mol. The van der Waals surface area contributed by atoms with E-state index in [0.29, 0.717) is 18.1 Å². The van der Waals surface area contributed by atoms with Gasteiger partial charge in [0.25, 0.3) is 0 Å². The van der Waals surface area contributed by atoms with Crippen LogP contribution in [0, 0.1) is 0 Å². The van der Waals surface area contributed by atoms with Crippen LogP contribution in [0.5, 0.6) is 11.5 Å². The van der Waals surface area contributed by atoms with Crippen molar-refractivity contribution in [2.24, 2.45) is 0 Å². The summed E-state index contributed by atoms with van der Waals surface area (Å²) in [6.45, 7) is 0.473. The number of benzene rings is 3. The van der Waals surface area contributed by atoms with Gasteiger partial charge in [-0.3, -0.25) is 4.79 Å². The zero-order valence-corrected chi connectivity index (χ0v) is 15.7. The summed E-state index contributed by atoms with van der Waals surface area (Å²) in [6, 6.07) is 23.4. The Kier molecular flexibility index (Phi) is 4.99. The molecule has 0 fully saturated rings. The van der Waals surface area contributed by atoms with E-state index < -0.39 is 0 Å². The number of Topliss-reactive ketones (excluding diaryl/α,β-unsaturated/α-hetero) is 1. The lowest BCUT2D eigenvalue weighted by Crippen LogP contribution is -1.98. The van der Waals surface area contributed by atoms with Crippen LogP contribution < -0.4 is 9.47 Å². The maximum absolute atomic E-state index is 12.5.